The molecule has 2 aromatic heterocycles. The summed E-state index contributed by atoms with van der Waals surface area (Å²) in [5.74, 6) is 1.45. The van der Waals surface area contributed by atoms with Crippen LogP contribution in [0, 0.1) is 0 Å². The van der Waals surface area contributed by atoms with E-state index in [4.69, 9.17) is 0 Å². The summed E-state index contributed by atoms with van der Waals surface area (Å²) in [6.07, 6.45) is 0.639. The molecule has 1 aliphatic rings. The summed E-state index contributed by atoms with van der Waals surface area (Å²) in [6.45, 7) is 2.54. The summed E-state index contributed by atoms with van der Waals surface area (Å²) in [5.41, 5.74) is -0.0357. The smallest absolute Gasteiger partial charge is 0.368 e. The quantitative estimate of drug-likeness (QED) is 0.705. The lowest BCUT2D eigenvalue weighted by atomic mass is 10.1. The molecule has 1 fully saturated rings. The highest BCUT2D eigenvalue weighted by atomic mass is 19.4. The first-order valence-corrected chi connectivity index (χ1v) is 8.50. The number of anilines is 2. The number of aromatic nitrogens is 4. The molecule has 0 spiro atoms. The highest BCUT2D eigenvalue weighted by Crippen LogP contribution is 2.32. The largest absolute Gasteiger partial charge is 0.416 e. The van der Waals surface area contributed by atoms with Gasteiger partial charge in [0.15, 0.2) is 5.82 Å². The Balaban J connectivity index is 1.46. The van der Waals surface area contributed by atoms with Gasteiger partial charge < -0.3 is 9.80 Å². The van der Waals surface area contributed by atoms with E-state index in [1.807, 2.05) is 17.0 Å². The molecule has 0 radical (unpaired) electrons. The predicted octanol–water partition coefficient (Wildman–Crippen LogP) is 3.01. The molecule has 0 aliphatic carbocycles. The highest BCUT2D eigenvalue weighted by Gasteiger charge is 2.31. The Bertz CT molecular complexity index is 901. The Labute approximate surface area is 153 Å². The monoisotopic (exact) mass is 374 g/mol. The van der Waals surface area contributed by atoms with Gasteiger partial charge in [-0.25, -0.2) is 14.6 Å². The zero-order chi connectivity index (χ0) is 18.9. The minimum atomic E-state index is -4.33. The van der Waals surface area contributed by atoms with Crippen LogP contribution in [0.3, 0.4) is 0 Å². The van der Waals surface area contributed by atoms with Crippen molar-refractivity contribution in [2.45, 2.75) is 6.18 Å². The molecule has 0 N–H and O–H groups in total. The maximum Gasteiger partial charge on any atom is 0.416 e. The molecular formula is C18H17F3N6. The van der Waals surface area contributed by atoms with Crippen LogP contribution < -0.4 is 9.80 Å². The molecule has 0 saturated carbocycles. The Kier molecular flexibility index (Phi) is 4.43. The van der Waals surface area contributed by atoms with Crippen molar-refractivity contribution in [1.29, 1.82) is 0 Å². The minimum absolute atomic E-state index is 0.587. The van der Waals surface area contributed by atoms with E-state index in [-0.39, 0.29) is 0 Å². The number of benzene rings is 1. The van der Waals surface area contributed by atoms with Gasteiger partial charge in [-0.2, -0.15) is 18.3 Å². The molecule has 0 bridgehead atoms. The van der Waals surface area contributed by atoms with Crippen LogP contribution in [0.4, 0.5) is 24.7 Å². The summed E-state index contributed by atoms with van der Waals surface area (Å²) in [6, 6.07) is 9.13. The van der Waals surface area contributed by atoms with Gasteiger partial charge >= 0.3 is 6.18 Å². The van der Waals surface area contributed by atoms with E-state index in [0.717, 1.165) is 11.9 Å². The molecule has 140 valence electrons. The minimum Gasteiger partial charge on any atom is -0.368 e. The molecular weight excluding hydrogens is 357 g/mol. The van der Waals surface area contributed by atoms with E-state index < -0.39 is 11.7 Å². The molecule has 1 aliphatic heterocycles. The van der Waals surface area contributed by atoms with Crippen molar-refractivity contribution in [3.05, 3.63) is 60.7 Å². The average Bonchev–Trinajstić information content (AvgIpc) is 3.23. The summed E-state index contributed by atoms with van der Waals surface area (Å²) >= 11 is 0. The lowest BCUT2D eigenvalue weighted by Gasteiger charge is -2.37. The molecule has 9 heteroatoms. The topological polar surface area (TPSA) is 50.1 Å². The lowest BCUT2D eigenvalue weighted by Crippen LogP contribution is -2.47. The summed E-state index contributed by atoms with van der Waals surface area (Å²) in [4.78, 5) is 12.6. The fraction of sp³-hybridized carbons (Fsp3) is 0.278. The van der Waals surface area contributed by atoms with Crippen molar-refractivity contribution in [2.75, 3.05) is 36.0 Å². The maximum atomic E-state index is 12.9. The molecule has 1 aromatic carbocycles. The van der Waals surface area contributed by atoms with Crippen LogP contribution in [-0.2, 0) is 6.18 Å². The van der Waals surface area contributed by atoms with Crippen molar-refractivity contribution in [3.63, 3.8) is 0 Å². The normalized spacial score (nSPS) is 15.2. The number of hydrogen-bond donors (Lipinski definition) is 0. The highest BCUT2D eigenvalue weighted by molar-refractivity contribution is 5.52. The summed E-state index contributed by atoms with van der Waals surface area (Å²) in [5, 5.41) is 4.16. The Morgan fingerprint density at radius 1 is 0.852 bits per heavy atom. The van der Waals surface area contributed by atoms with E-state index in [1.165, 1.54) is 18.5 Å². The van der Waals surface area contributed by atoms with Gasteiger partial charge in [-0.15, -0.1) is 0 Å². The molecule has 1 saturated heterocycles. The van der Waals surface area contributed by atoms with Gasteiger partial charge in [0.2, 0.25) is 0 Å². The second-order valence-corrected chi connectivity index (χ2v) is 6.21. The van der Waals surface area contributed by atoms with Crippen molar-refractivity contribution in [3.8, 4) is 5.82 Å². The Morgan fingerprint density at radius 2 is 1.59 bits per heavy atom. The van der Waals surface area contributed by atoms with Crippen LogP contribution in [0.15, 0.2) is 55.1 Å². The molecule has 0 atom stereocenters. The van der Waals surface area contributed by atoms with E-state index in [2.05, 4.69) is 20.0 Å². The third kappa shape index (κ3) is 3.71. The number of piperazine rings is 1. The van der Waals surface area contributed by atoms with E-state index in [1.54, 1.807) is 23.1 Å². The summed E-state index contributed by atoms with van der Waals surface area (Å²) in [7, 11) is 0. The molecule has 3 heterocycles. The SMILES string of the molecule is FC(F)(F)c1cccc(N2CCN(c3cc(-n4cccn4)ncn3)CC2)c1. The van der Waals surface area contributed by atoms with Crippen LogP contribution in [0.5, 0.6) is 0 Å². The second kappa shape index (κ2) is 6.90. The zero-order valence-corrected chi connectivity index (χ0v) is 14.3. The van der Waals surface area contributed by atoms with E-state index in [9.17, 15) is 13.2 Å². The fourth-order valence-electron chi connectivity index (χ4n) is 3.11. The first-order valence-electron chi connectivity index (χ1n) is 8.50. The number of hydrogen-bond acceptors (Lipinski definition) is 5. The van der Waals surface area contributed by atoms with Crippen LogP contribution in [0.25, 0.3) is 5.82 Å². The molecule has 27 heavy (non-hydrogen) atoms. The average molecular weight is 374 g/mol. The molecule has 6 nitrogen and oxygen atoms in total. The molecule has 0 unspecified atom stereocenters. The number of nitrogens with zero attached hydrogens (tertiary/aromatic N) is 6. The van der Waals surface area contributed by atoms with Crippen molar-refractivity contribution >= 4 is 11.5 Å². The van der Waals surface area contributed by atoms with Crippen LogP contribution in [-0.4, -0.2) is 45.9 Å². The summed E-state index contributed by atoms with van der Waals surface area (Å²) < 4.78 is 40.4. The van der Waals surface area contributed by atoms with Gasteiger partial charge in [0, 0.05) is 50.3 Å². The standard InChI is InChI=1S/C18H17F3N6/c19-18(20,21)14-3-1-4-15(11-14)25-7-9-26(10-8-25)16-12-17(23-13-22-16)27-6-2-5-24-27/h1-6,11-13H,7-10H2. The van der Waals surface area contributed by atoms with Crippen molar-refractivity contribution < 1.29 is 13.2 Å². The molecule has 0 amide bonds. The van der Waals surface area contributed by atoms with Gasteiger partial charge in [-0.05, 0) is 24.3 Å². The Morgan fingerprint density at radius 3 is 2.30 bits per heavy atom. The molecule has 3 aromatic rings. The number of rotatable bonds is 3. The van der Waals surface area contributed by atoms with Crippen LogP contribution in [0.2, 0.25) is 0 Å². The third-order valence-electron chi connectivity index (χ3n) is 4.52. The first kappa shape index (κ1) is 17.3. The van der Waals surface area contributed by atoms with Crippen molar-refractivity contribution in [2.24, 2.45) is 0 Å². The molecule has 4 rings (SSSR count). The van der Waals surface area contributed by atoms with Crippen LogP contribution >= 0.6 is 0 Å². The third-order valence-corrected chi connectivity index (χ3v) is 4.52. The van der Waals surface area contributed by atoms with Crippen LogP contribution in [0.1, 0.15) is 5.56 Å². The lowest BCUT2D eigenvalue weighted by molar-refractivity contribution is -0.137. The van der Waals surface area contributed by atoms with Gasteiger partial charge in [0.25, 0.3) is 0 Å². The van der Waals surface area contributed by atoms with E-state index >= 15 is 0 Å². The fourth-order valence-corrected chi connectivity index (χ4v) is 3.11. The van der Waals surface area contributed by atoms with Gasteiger partial charge in [-0.3, -0.25) is 0 Å². The predicted molar refractivity (Wildman–Crippen MR) is 95.0 cm³/mol. The van der Waals surface area contributed by atoms with Gasteiger partial charge in [0.05, 0.1) is 5.56 Å². The maximum absolute atomic E-state index is 12.9. The van der Waals surface area contributed by atoms with Crippen molar-refractivity contribution in [1.82, 2.24) is 19.7 Å². The first-order chi connectivity index (χ1) is 13.0. The van der Waals surface area contributed by atoms with Gasteiger partial charge in [-0.1, -0.05) is 6.07 Å². The number of alkyl halides is 3. The Hall–Kier alpha value is -3.10. The van der Waals surface area contributed by atoms with E-state index in [0.29, 0.717) is 37.7 Å². The van der Waals surface area contributed by atoms with Gasteiger partial charge in [0.1, 0.15) is 12.1 Å². The second-order valence-electron chi connectivity index (χ2n) is 6.21. The number of halogens is 3. The zero-order valence-electron chi connectivity index (χ0n) is 14.3.